The molecule has 3 N–H and O–H groups in total. The van der Waals surface area contributed by atoms with Crippen molar-refractivity contribution in [1.29, 1.82) is 0 Å². The summed E-state index contributed by atoms with van der Waals surface area (Å²) >= 11 is 1.29. The van der Waals surface area contributed by atoms with Crippen molar-refractivity contribution in [2.24, 2.45) is 0 Å². The highest BCUT2D eigenvalue weighted by Crippen LogP contribution is 2.29. The number of aromatic carboxylic acids is 1. The van der Waals surface area contributed by atoms with E-state index >= 15 is 0 Å². The number of thiophene rings is 1. The quantitative estimate of drug-likeness (QED) is 0.607. The van der Waals surface area contributed by atoms with Crippen LogP contribution >= 0.6 is 11.3 Å². The zero-order chi connectivity index (χ0) is 8.55. The van der Waals surface area contributed by atoms with Gasteiger partial charge in [-0.1, -0.05) is 0 Å². The van der Waals surface area contributed by atoms with Gasteiger partial charge in [0.25, 0.3) is 0 Å². The Labute approximate surface area is 73.2 Å². The lowest BCUT2D eigenvalue weighted by molar-refractivity contribution is 0.0702. The van der Waals surface area contributed by atoms with Crippen LogP contribution in [-0.4, -0.2) is 17.7 Å². The molecule has 1 aliphatic rings. The second kappa shape index (κ2) is 2.76. The maximum Gasteiger partial charge on any atom is 0.345 e. The number of nitrogens with one attached hydrogen (secondary N) is 2. The largest absolute Gasteiger partial charge is 0.477 e. The molecule has 0 aromatic carbocycles. The number of anilines is 1. The molecule has 0 unspecified atom stereocenters. The van der Waals surface area contributed by atoms with E-state index in [1.54, 1.807) is 6.07 Å². The van der Waals surface area contributed by atoms with E-state index in [0.29, 0.717) is 11.5 Å². The molecule has 12 heavy (non-hydrogen) atoms. The molecule has 4 nitrogen and oxygen atoms in total. The second-order valence-corrected chi connectivity index (χ2v) is 3.60. The van der Waals surface area contributed by atoms with E-state index in [1.165, 1.54) is 11.3 Å². The minimum Gasteiger partial charge on any atom is -0.477 e. The topological polar surface area (TPSA) is 61.4 Å². The van der Waals surface area contributed by atoms with Gasteiger partial charge in [-0.25, -0.2) is 4.79 Å². The Morgan fingerprint density at radius 3 is 3.17 bits per heavy atom. The van der Waals surface area contributed by atoms with Gasteiger partial charge in [-0.05, 0) is 6.07 Å². The van der Waals surface area contributed by atoms with Crippen LogP contribution in [-0.2, 0) is 6.54 Å². The molecule has 1 aromatic heterocycles. The Bertz CT molecular complexity index is 298. The van der Waals surface area contributed by atoms with Crippen LogP contribution in [0.3, 0.4) is 0 Å². The summed E-state index contributed by atoms with van der Waals surface area (Å²) in [5.41, 5.74) is 1.05. The third-order valence-corrected chi connectivity index (χ3v) is 2.83. The number of hydrogen-bond donors (Lipinski definition) is 3. The van der Waals surface area contributed by atoms with Crippen LogP contribution in [0.25, 0.3) is 0 Å². The summed E-state index contributed by atoms with van der Waals surface area (Å²) in [6, 6.07) is 1.71. The molecule has 0 saturated carbocycles. The fourth-order valence-electron chi connectivity index (χ4n) is 1.16. The fourth-order valence-corrected chi connectivity index (χ4v) is 2.07. The molecule has 0 saturated heterocycles. The van der Waals surface area contributed by atoms with Gasteiger partial charge in [0.05, 0.1) is 11.7 Å². The predicted molar refractivity (Wildman–Crippen MR) is 46.6 cm³/mol. The lowest BCUT2D eigenvalue weighted by Gasteiger charge is -2.13. The van der Waals surface area contributed by atoms with Crippen LogP contribution in [0.2, 0.25) is 0 Å². The molecule has 5 heteroatoms. The number of carbonyl (C=O) groups is 1. The van der Waals surface area contributed by atoms with E-state index in [-0.39, 0.29) is 0 Å². The van der Waals surface area contributed by atoms with Crippen LogP contribution in [0, 0.1) is 0 Å². The summed E-state index contributed by atoms with van der Waals surface area (Å²) in [5.74, 6) is -0.851. The molecule has 0 atom stereocenters. The lowest BCUT2D eigenvalue weighted by atomic mass is 10.2. The van der Waals surface area contributed by atoms with Gasteiger partial charge >= 0.3 is 5.97 Å². The van der Waals surface area contributed by atoms with Gasteiger partial charge in [-0.3, -0.25) is 5.32 Å². The normalized spacial score (nSPS) is 15.0. The number of fused-ring (bicyclic) bond motifs is 1. The summed E-state index contributed by atoms with van der Waals surface area (Å²) in [4.78, 5) is 11.0. The molecule has 0 bridgehead atoms. The SMILES string of the molecule is O=C(O)c1cc2c(s1)NCNC2. The summed E-state index contributed by atoms with van der Waals surface area (Å²) in [7, 11) is 0. The number of rotatable bonds is 1. The number of hydrogen-bond acceptors (Lipinski definition) is 4. The minimum atomic E-state index is -0.851. The molecule has 2 rings (SSSR count). The Balaban J connectivity index is 2.38. The molecule has 0 spiro atoms. The summed E-state index contributed by atoms with van der Waals surface area (Å²) in [6.45, 7) is 1.47. The third kappa shape index (κ3) is 1.17. The van der Waals surface area contributed by atoms with Gasteiger partial charge in [0.1, 0.15) is 4.88 Å². The van der Waals surface area contributed by atoms with Crippen molar-refractivity contribution in [3.05, 3.63) is 16.5 Å². The molecular weight excluding hydrogens is 176 g/mol. The van der Waals surface area contributed by atoms with Gasteiger partial charge in [-0.15, -0.1) is 11.3 Å². The first-order valence-electron chi connectivity index (χ1n) is 3.58. The Kier molecular flexibility index (Phi) is 1.74. The molecule has 1 aromatic rings. The van der Waals surface area contributed by atoms with Gasteiger partial charge in [0.15, 0.2) is 0 Å². The van der Waals surface area contributed by atoms with Crippen LogP contribution < -0.4 is 10.6 Å². The third-order valence-electron chi connectivity index (χ3n) is 1.71. The Hall–Kier alpha value is -1.07. The Morgan fingerprint density at radius 2 is 2.50 bits per heavy atom. The van der Waals surface area contributed by atoms with Gasteiger partial charge in [-0.2, -0.15) is 0 Å². The van der Waals surface area contributed by atoms with Crippen LogP contribution in [0.1, 0.15) is 15.2 Å². The summed E-state index contributed by atoms with van der Waals surface area (Å²) in [6.07, 6.45) is 0. The first-order chi connectivity index (χ1) is 5.77. The van der Waals surface area contributed by atoms with Gasteiger partial charge in [0.2, 0.25) is 0 Å². The van der Waals surface area contributed by atoms with E-state index in [9.17, 15) is 4.79 Å². The van der Waals surface area contributed by atoms with E-state index in [0.717, 1.165) is 17.1 Å². The van der Waals surface area contributed by atoms with Crippen molar-refractivity contribution in [2.45, 2.75) is 6.54 Å². The summed E-state index contributed by atoms with van der Waals surface area (Å²) in [5, 5.41) is 15.9. The molecule has 0 aliphatic carbocycles. The molecule has 0 fully saturated rings. The van der Waals surface area contributed by atoms with Crippen molar-refractivity contribution in [3.63, 3.8) is 0 Å². The molecule has 2 heterocycles. The van der Waals surface area contributed by atoms with Crippen molar-refractivity contribution in [2.75, 3.05) is 12.0 Å². The van der Waals surface area contributed by atoms with Crippen LogP contribution in [0.15, 0.2) is 6.07 Å². The molecule has 0 amide bonds. The molecule has 64 valence electrons. The first-order valence-corrected chi connectivity index (χ1v) is 4.39. The zero-order valence-electron chi connectivity index (χ0n) is 6.26. The number of carboxylic acids is 1. The van der Waals surface area contributed by atoms with Gasteiger partial charge < -0.3 is 10.4 Å². The monoisotopic (exact) mass is 184 g/mol. The van der Waals surface area contributed by atoms with Crippen molar-refractivity contribution >= 4 is 22.3 Å². The molecule has 1 aliphatic heterocycles. The van der Waals surface area contributed by atoms with Crippen LogP contribution in [0.5, 0.6) is 0 Å². The first kappa shape index (κ1) is 7.57. The maximum atomic E-state index is 10.6. The highest BCUT2D eigenvalue weighted by atomic mass is 32.1. The van der Waals surface area contributed by atoms with E-state index < -0.39 is 5.97 Å². The van der Waals surface area contributed by atoms with E-state index in [4.69, 9.17) is 5.11 Å². The van der Waals surface area contributed by atoms with Crippen LogP contribution in [0.4, 0.5) is 5.00 Å². The average molecular weight is 184 g/mol. The van der Waals surface area contributed by atoms with Gasteiger partial charge in [0, 0.05) is 12.1 Å². The van der Waals surface area contributed by atoms with Crippen molar-refractivity contribution in [1.82, 2.24) is 5.32 Å². The highest BCUT2D eigenvalue weighted by Gasteiger charge is 2.15. The minimum absolute atomic E-state index is 0.399. The Morgan fingerprint density at radius 1 is 1.67 bits per heavy atom. The highest BCUT2D eigenvalue weighted by molar-refractivity contribution is 7.18. The molecular formula is C7H8N2O2S. The van der Waals surface area contributed by atoms with Crippen molar-refractivity contribution < 1.29 is 9.90 Å². The predicted octanol–water partition coefficient (Wildman–Crippen LogP) is 0.919. The standard InChI is InChI=1S/C7H8N2O2S/c10-7(11)5-1-4-2-8-3-9-6(4)12-5/h1,8-9H,2-3H2,(H,10,11). The molecule has 0 radical (unpaired) electrons. The van der Waals surface area contributed by atoms with E-state index in [2.05, 4.69) is 10.6 Å². The second-order valence-electron chi connectivity index (χ2n) is 2.55. The van der Waals surface area contributed by atoms with Crippen molar-refractivity contribution in [3.8, 4) is 0 Å². The summed E-state index contributed by atoms with van der Waals surface area (Å²) < 4.78 is 0. The number of carboxylic acid groups (broad SMARTS) is 1. The fraction of sp³-hybridized carbons (Fsp3) is 0.286. The van der Waals surface area contributed by atoms with E-state index in [1.807, 2.05) is 0 Å². The lowest BCUT2D eigenvalue weighted by Crippen LogP contribution is -2.26. The average Bonchev–Trinajstić information content (AvgIpc) is 2.46. The smallest absolute Gasteiger partial charge is 0.345 e. The zero-order valence-corrected chi connectivity index (χ0v) is 7.07. The maximum absolute atomic E-state index is 10.6.